The van der Waals surface area contributed by atoms with Crippen LogP contribution in [0.1, 0.15) is 11.1 Å². The second-order valence-electron chi connectivity index (χ2n) is 6.22. The van der Waals surface area contributed by atoms with E-state index in [1.165, 1.54) is 0 Å². The topological polar surface area (TPSA) is 86.6 Å². The van der Waals surface area contributed by atoms with Gasteiger partial charge in [-0.1, -0.05) is 42.5 Å². The average Bonchev–Trinajstić information content (AvgIpc) is 2.68. The normalized spacial score (nSPS) is 12.1. The molecule has 0 aliphatic rings. The monoisotopic (exact) mass is 423 g/mol. The largest absolute Gasteiger partial charge is 0.504 e. The summed E-state index contributed by atoms with van der Waals surface area (Å²) in [5.74, 6) is -1.26. The van der Waals surface area contributed by atoms with Crippen LogP contribution >= 0.6 is 0 Å². The maximum absolute atomic E-state index is 12.8. The minimum absolute atomic E-state index is 0.0305. The third-order valence-electron chi connectivity index (χ3n) is 4.20. The van der Waals surface area contributed by atoms with Gasteiger partial charge in [0.25, 0.3) is 0 Å². The minimum Gasteiger partial charge on any atom is -0.504 e. The first-order valence-corrected chi connectivity index (χ1v) is 9.83. The third-order valence-corrected chi connectivity index (χ3v) is 5.64. The van der Waals surface area contributed by atoms with Crippen LogP contribution in [0.15, 0.2) is 71.6 Å². The van der Waals surface area contributed by atoms with E-state index in [1.54, 1.807) is 30.3 Å². The van der Waals surface area contributed by atoms with Gasteiger partial charge in [-0.05, 0) is 29.3 Å². The Morgan fingerprint density at radius 2 is 1.45 bits per heavy atom. The molecule has 0 spiro atoms. The first-order valence-electron chi connectivity index (χ1n) is 8.35. The molecule has 0 heterocycles. The Morgan fingerprint density at radius 3 is 2.03 bits per heavy atom. The maximum Gasteiger partial charge on any atom is 0.416 e. The number of rotatable bonds is 5. The molecule has 0 saturated heterocycles. The van der Waals surface area contributed by atoms with E-state index in [2.05, 4.69) is 4.72 Å². The van der Waals surface area contributed by atoms with Gasteiger partial charge >= 0.3 is 6.18 Å². The van der Waals surface area contributed by atoms with Crippen LogP contribution in [-0.2, 0) is 22.7 Å². The Morgan fingerprint density at radius 1 is 0.862 bits per heavy atom. The molecule has 5 nitrogen and oxygen atoms in total. The summed E-state index contributed by atoms with van der Waals surface area (Å²) in [5.41, 5.74) is -0.117. The Bertz CT molecular complexity index is 1110. The number of benzene rings is 3. The van der Waals surface area contributed by atoms with Gasteiger partial charge < -0.3 is 10.2 Å². The predicted octanol–water partition coefficient (Wildman–Crippen LogP) is 4.26. The number of hydrogen-bond acceptors (Lipinski definition) is 4. The maximum atomic E-state index is 12.8. The second-order valence-corrected chi connectivity index (χ2v) is 7.96. The zero-order valence-corrected chi connectivity index (χ0v) is 15.6. The van der Waals surface area contributed by atoms with Gasteiger partial charge in [0.2, 0.25) is 10.0 Å². The lowest BCUT2D eigenvalue weighted by atomic mass is 10.0. The number of phenols is 2. The lowest BCUT2D eigenvalue weighted by Gasteiger charge is -2.14. The van der Waals surface area contributed by atoms with E-state index in [0.29, 0.717) is 5.56 Å². The fourth-order valence-electron chi connectivity index (χ4n) is 2.70. The van der Waals surface area contributed by atoms with Crippen LogP contribution in [0.3, 0.4) is 0 Å². The zero-order chi connectivity index (χ0) is 21.2. The molecule has 0 aromatic heterocycles. The van der Waals surface area contributed by atoms with E-state index in [1.807, 2.05) is 0 Å². The van der Waals surface area contributed by atoms with Gasteiger partial charge in [-0.3, -0.25) is 0 Å². The summed E-state index contributed by atoms with van der Waals surface area (Å²) in [6.45, 7) is -0.0305. The molecule has 29 heavy (non-hydrogen) atoms. The molecule has 3 N–H and O–H groups in total. The first-order chi connectivity index (χ1) is 13.6. The van der Waals surface area contributed by atoms with Gasteiger partial charge in [0, 0.05) is 18.2 Å². The lowest BCUT2D eigenvalue weighted by Crippen LogP contribution is -2.23. The SMILES string of the molecule is O=S(=O)(NCc1ccccc1)c1cc(O)c(O)cc1-c1ccc(C(F)(F)F)cc1. The van der Waals surface area contributed by atoms with Crippen LogP contribution in [0, 0.1) is 0 Å². The molecule has 0 unspecified atom stereocenters. The van der Waals surface area contributed by atoms with Crippen molar-refractivity contribution in [3.8, 4) is 22.6 Å². The Hall–Kier alpha value is -3.04. The lowest BCUT2D eigenvalue weighted by molar-refractivity contribution is -0.137. The molecule has 0 fully saturated rings. The Balaban J connectivity index is 2.01. The van der Waals surface area contributed by atoms with E-state index >= 15 is 0 Å². The molecule has 0 aliphatic carbocycles. The predicted molar refractivity (Wildman–Crippen MR) is 101 cm³/mol. The molecule has 0 atom stereocenters. The highest BCUT2D eigenvalue weighted by molar-refractivity contribution is 7.89. The van der Waals surface area contributed by atoms with Crippen LogP contribution in [0.5, 0.6) is 11.5 Å². The summed E-state index contributed by atoms with van der Waals surface area (Å²) < 4.78 is 66.4. The fraction of sp³-hybridized carbons (Fsp3) is 0.100. The average molecular weight is 423 g/mol. The molecule has 3 rings (SSSR count). The molecule has 3 aromatic carbocycles. The number of phenolic OH excluding ortho intramolecular Hbond substituents is 2. The van der Waals surface area contributed by atoms with Crippen LogP contribution in [0.2, 0.25) is 0 Å². The molecule has 3 aromatic rings. The second kappa shape index (κ2) is 7.76. The van der Waals surface area contributed by atoms with E-state index < -0.39 is 33.3 Å². The summed E-state index contributed by atoms with van der Waals surface area (Å²) in [7, 11) is -4.16. The van der Waals surface area contributed by atoms with Gasteiger partial charge in [-0.15, -0.1) is 0 Å². The molecule has 0 aliphatic heterocycles. The molecule has 0 saturated carbocycles. The highest BCUT2D eigenvalue weighted by Gasteiger charge is 2.30. The fourth-order valence-corrected chi connectivity index (χ4v) is 3.94. The van der Waals surface area contributed by atoms with Gasteiger partial charge in [0.1, 0.15) is 0 Å². The Kier molecular flexibility index (Phi) is 5.54. The number of alkyl halides is 3. The summed E-state index contributed by atoms with van der Waals surface area (Å²) >= 11 is 0. The van der Waals surface area contributed by atoms with Crippen LogP contribution in [0.25, 0.3) is 11.1 Å². The van der Waals surface area contributed by atoms with Crippen molar-refractivity contribution in [2.45, 2.75) is 17.6 Å². The van der Waals surface area contributed by atoms with Crippen LogP contribution in [-0.4, -0.2) is 18.6 Å². The molecule has 0 bridgehead atoms. The third kappa shape index (κ3) is 4.69. The van der Waals surface area contributed by atoms with Crippen molar-refractivity contribution in [3.05, 3.63) is 77.9 Å². The van der Waals surface area contributed by atoms with Crippen molar-refractivity contribution in [3.63, 3.8) is 0 Å². The van der Waals surface area contributed by atoms with Gasteiger partial charge in [0.05, 0.1) is 10.5 Å². The number of aromatic hydroxyl groups is 2. The van der Waals surface area contributed by atoms with E-state index in [4.69, 9.17) is 0 Å². The highest BCUT2D eigenvalue weighted by Crippen LogP contribution is 2.38. The molecule has 0 radical (unpaired) electrons. The summed E-state index contributed by atoms with van der Waals surface area (Å²) in [4.78, 5) is -0.372. The first kappa shape index (κ1) is 20.7. The number of hydrogen-bond donors (Lipinski definition) is 3. The highest BCUT2D eigenvalue weighted by atomic mass is 32.2. The molecular formula is C20H16F3NO4S. The molecule has 152 valence electrons. The number of sulfonamides is 1. The van der Waals surface area contributed by atoms with Gasteiger partial charge in [-0.25, -0.2) is 13.1 Å². The van der Waals surface area contributed by atoms with Crippen molar-refractivity contribution < 1.29 is 31.8 Å². The van der Waals surface area contributed by atoms with Gasteiger partial charge in [0.15, 0.2) is 11.5 Å². The van der Waals surface area contributed by atoms with E-state index in [0.717, 1.165) is 36.4 Å². The number of halogens is 3. The van der Waals surface area contributed by atoms with E-state index in [9.17, 15) is 31.8 Å². The molecular weight excluding hydrogens is 407 g/mol. The summed E-state index contributed by atoms with van der Waals surface area (Å²) in [6.07, 6.45) is -4.54. The number of nitrogens with one attached hydrogen (secondary N) is 1. The van der Waals surface area contributed by atoms with Crippen molar-refractivity contribution in [1.82, 2.24) is 4.72 Å². The quantitative estimate of drug-likeness (QED) is 0.535. The van der Waals surface area contributed by atoms with E-state index in [-0.39, 0.29) is 22.6 Å². The van der Waals surface area contributed by atoms with Crippen LogP contribution in [0.4, 0.5) is 13.2 Å². The van der Waals surface area contributed by atoms with Gasteiger partial charge in [-0.2, -0.15) is 13.2 Å². The smallest absolute Gasteiger partial charge is 0.416 e. The Labute approximate surface area is 165 Å². The van der Waals surface area contributed by atoms with Crippen molar-refractivity contribution in [2.24, 2.45) is 0 Å². The summed E-state index contributed by atoms with van der Waals surface area (Å²) in [5, 5.41) is 19.6. The standard InChI is InChI=1S/C20H16F3NO4S/c21-20(22,23)15-8-6-14(7-9-15)16-10-17(25)18(26)11-19(16)29(27,28)24-12-13-4-2-1-3-5-13/h1-11,24-26H,12H2. The summed E-state index contributed by atoms with van der Waals surface area (Å²) in [6, 6.07) is 14.4. The molecule has 0 amide bonds. The minimum atomic E-state index is -4.54. The molecule has 9 heteroatoms. The zero-order valence-electron chi connectivity index (χ0n) is 14.8. The van der Waals surface area contributed by atoms with Crippen molar-refractivity contribution in [2.75, 3.05) is 0 Å². The van der Waals surface area contributed by atoms with Crippen molar-refractivity contribution in [1.29, 1.82) is 0 Å². The van der Waals surface area contributed by atoms with Crippen LogP contribution < -0.4 is 4.72 Å². The van der Waals surface area contributed by atoms with Crippen molar-refractivity contribution >= 4 is 10.0 Å².